The molecule has 1 aliphatic rings. The lowest BCUT2D eigenvalue weighted by Gasteiger charge is -2.18. The predicted octanol–water partition coefficient (Wildman–Crippen LogP) is 1.86. The van der Waals surface area contributed by atoms with Gasteiger partial charge >= 0.3 is 0 Å². The van der Waals surface area contributed by atoms with Gasteiger partial charge in [-0.3, -0.25) is 9.59 Å². The van der Waals surface area contributed by atoms with Crippen LogP contribution < -0.4 is 0 Å². The van der Waals surface area contributed by atoms with Gasteiger partial charge in [-0.1, -0.05) is 23.2 Å². The van der Waals surface area contributed by atoms with Crippen molar-refractivity contribution in [3.05, 3.63) is 32.9 Å². The number of Topliss-reactive ketones (excluding diaryl/α,β-unsaturated/α-hetero) is 2. The highest BCUT2D eigenvalue weighted by molar-refractivity contribution is 6.44. The zero-order chi connectivity index (χ0) is 16.9. The van der Waals surface area contributed by atoms with E-state index in [1.54, 1.807) is 0 Å². The van der Waals surface area contributed by atoms with Crippen molar-refractivity contribution in [2.75, 3.05) is 0 Å². The Morgan fingerprint density at radius 1 is 0.591 bits per heavy atom. The number of carbonyl (C=O) groups is 2. The molecule has 6 N–H and O–H groups in total. The zero-order valence-electron chi connectivity index (χ0n) is 10.3. The second-order valence-electron chi connectivity index (χ2n) is 4.13. The first-order valence-corrected chi connectivity index (χ1v) is 6.13. The summed E-state index contributed by atoms with van der Waals surface area (Å²) in [6, 6.07) is 0. The average Bonchev–Trinajstić information content (AvgIpc) is 2.50. The van der Waals surface area contributed by atoms with Crippen molar-refractivity contribution in [2.24, 2.45) is 0 Å². The van der Waals surface area contributed by atoms with Gasteiger partial charge in [-0.25, -0.2) is 0 Å². The molecule has 0 bridgehead atoms. The molecule has 0 amide bonds. The number of phenolic OH excluding ortho intramolecular Hbond substituents is 3. The first kappa shape index (κ1) is 15.8. The summed E-state index contributed by atoms with van der Waals surface area (Å²) in [6.45, 7) is 0. The van der Waals surface area contributed by atoms with E-state index in [0.717, 1.165) is 0 Å². The molecule has 116 valence electrons. The van der Waals surface area contributed by atoms with E-state index in [9.17, 15) is 40.2 Å². The molecule has 0 unspecified atom stereocenters. The number of rotatable bonds is 1. The summed E-state index contributed by atoms with van der Waals surface area (Å²) in [5, 5.41) is 55.5. The number of benzene rings is 1. The van der Waals surface area contributed by atoms with Crippen LogP contribution in [0.3, 0.4) is 0 Å². The van der Waals surface area contributed by atoms with Gasteiger partial charge in [0.15, 0.2) is 17.3 Å². The first-order chi connectivity index (χ1) is 10.1. The summed E-state index contributed by atoms with van der Waals surface area (Å²) < 4.78 is 0. The van der Waals surface area contributed by atoms with E-state index >= 15 is 0 Å². The second-order valence-corrected chi connectivity index (χ2v) is 4.88. The third kappa shape index (κ3) is 1.92. The van der Waals surface area contributed by atoms with Gasteiger partial charge in [0.05, 0.1) is 16.2 Å². The molecular formula is C12H6Cl2O8. The number of halogens is 2. The fraction of sp³-hybridized carbons (Fsp3) is 0. The lowest BCUT2D eigenvalue weighted by atomic mass is 9.91. The van der Waals surface area contributed by atoms with Gasteiger partial charge < -0.3 is 30.6 Å². The van der Waals surface area contributed by atoms with Crippen LogP contribution in [0.5, 0.6) is 17.2 Å². The molecule has 0 aliphatic heterocycles. The molecule has 1 aromatic carbocycles. The number of aromatic hydroxyl groups is 3. The maximum Gasteiger partial charge on any atom is 0.266 e. The Kier molecular flexibility index (Phi) is 3.59. The second kappa shape index (κ2) is 5.00. The Hall–Kier alpha value is -2.58. The maximum atomic E-state index is 11.9. The number of aliphatic hydroxyl groups is 3. The van der Waals surface area contributed by atoms with Gasteiger partial charge in [0.2, 0.25) is 17.3 Å². The molecule has 0 saturated heterocycles. The Bertz CT molecular complexity index is 777. The van der Waals surface area contributed by atoms with Crippen molar-refractivity contribution in [2.45, 2.75) is 0 Å². The highest BCUT2D eigenvalue weighted by Gasteiger charge is 2.39. The molecule has 22 heavy (non-hydrogen) atoms. The number of phenols is 3. The maximum absolute atomic E-state index is 11.9. The Balaban J connectivity index is 2.89. The topological polar surface area (TPSA) is 156 Å². The minimum atomic E-state index is -1.51. The lowest BCUT2D eigenvalue weighted by Crippen LogP contribution is -2.23. The molecule has 10 heteroatoms. The van der Waals surface area contributed by atoms with Crippen LogP contribution in [0.4, 0.5) is 0 Å². The quantitative estimate of drug-likeness (QED) is 0.255. The Morgan fingerprint density at radius 3 is 1.59 bits per heavy atom. The van der Waals surface area contributed by atoms with Gasteiger partial charge in [0.1, 0.15) is 10.8 Å². The van der Waals surface area contributed by atoms with Crippen molar-refractivity contribution in [3.63, 3.8) is 0 Å². The highest BCUT2D eigenvalue weighted by atomic mass is 35.5. The van der Waals surface area contributed by atoms with Gasteiger partial charge in [-0.05, 0) is 0 Å². The van der Waals surface area contributed by atoms with E-state index in [4.69, 9.17) is 23.2 Å². The predicted molar refractivity (Wildman–Crippen MR) is 73.3 cm³/mol. The van der Waals surface area contributed by atoms with Crippen molar-refractivity contribution in [1.82, 2.24) is 0 Å². The van der Waals surface area contributed by atoms with Crippen molar-refractivity contribution in [3.8, 4) is 17.2 Å². The number of carbonyl (C=O) groups excluding carboxylic acids is 2. The minimum Gasteiger partial charge on any atom is -0.506 e. The van der Waals surface area contributed by atoms with Crippen LogP contribution in [0.1, 0.15) is 5.56 Å². The van der Waals surface area contributed by atoms with Crippen LogP contribution in [0.15, 0.2) is 17.3 Å². The standard InChI is InChI=1S/C12H6Cl2O8/c13-3-1(5(15)4(14)9(19)8(3)18)2-6(16)10(20)12(22)11(21)7(2)17/h15-16,18-19,21-22H. The smallest absolute Gasteiger partial charge is 0.266 e. The van der Waals surface area contributed by atoms with Crippen molar-refractivity contribution < 1.29 is 40.2 Å². The molecule has 0 fully saturated rings. The third-order valence-electron chi connectivity index (χ3n) is 2.89. The molecule has 0 saturated carbocycles. The Morgan fingerprint density at radius 2 is 1.05 bits per heavy atom. The Labute approximate surface area is 131 Å². The highest BCUT2D eigenvalue weighted by Crippen LogP contribution is 2.51. The number of aliphatic hydroxyl groups excluding tert-OH is 3. The molecule has 0 atom stereocenters. The first-order valence-electron chi connectivity index (χ1n) is 5.38. The number of ketones is 2. The van der Waals surface area contributed by atoms with Crippen LogP contribution in [0.2, 0.25) is 10.0 Å². The third-order valence-corrected chi connectivity index (χ3v) is 3.61. The van der Waals surface area contributed by atoms with Crippen LogP contribution in [-0.2, 0) is 9.59 Å². The fourth-order valence-corrected chi connectivity index (χ4v) is 2.24. The summed E-state index contributed by atoms with van der Waals surface area (Å²) in [4.78, 5) is 23.4. The number of hydrogen-bond donors (Lipinski definition) is 6. The molecule has 0 spiro atoms. The van der Waals surface area contributed by atoms with E-state index < -0.39 is 67.3 Å². The molecule has 1 aliphatic carbocycles. The van der Waals surface area contributed by atoms with E-state index in [2.05, 4.69) is 0 Å². The van der Waals surface area contributed by atoms with Crippen LogP contribution in [0.25, 0.3) is 5.57 Å². The van der Waals surface area contributed by atoms with Crippen LogP contribution in [-0.4, -0.2) is 42.2 Å². The molecule has 0 radical (unpaired) electrons. The molecular weight excluding hydrogens is 343 g/mol. The lowest BCUT2D eigenvalue weighted by molar-refractivity contribution is -0.120. The SMILES string of the molecule is O=C1C(O)=C(O)C(=O)C(c2c(O)c(Cl)c(O)c(O)c2Cl)=C1O. The van der Waals surface area contributed by atoms with Crippen LogP contribution in [0, 0.1) is 0 Å². The normalized spacial score (nSPS) is 15.7. The van der Waals surface area contributed by atoms with Gasteiger partial charge in [-0.15, -0.1) is 0 Å². The van der Waals surface area contributed by atoms with Crippen molar-refractivity contribution >= 4 is 40.3 Å². The van der Waals surface area contributed by atoms with Gasteiger partial charge in [0, 0.05) is 0 Å². The van der Waals surface area contributed by atoms with Gasteiger partial charge in [-0.2, -0.15) is 0 Å². The van der Waals surface area contributed by atoms with E-state index in [0.29, 0.717) is 0 Å². The average molecular weight is 349 g/mol. The van der Waals surface area contributed by atoms with Gasteiger partial charge in [0.25, 0.3) is 5.78 Å². The van der Waals surface area contributed by atoms with Crippen LogP contribution >= 0.6 is 23.2 Å². The largest absolute Gasteiger partial charge is 0.506 e. The molecule has 2 rings (SSSR count). The van der Waals surface area contributed by atoms with E-state index in [1.807, 2.05) is 0 Å². The summed E-state index contributed by atoms with van der Waals surface area (Å²) in [6.07, 6.45) is 0. The van der Waals surface area contributed by atoms with E-state index in [-0.39, 0.29) is 0 Å². The number of hydrogen-bond acceptors (Lipinski definition) is 8. The van der Waals surface area contributed by atoms with E-state index in [1.165, 1.54) is 0 Å². The molecule has 0 heterocycles. The fourth-order valence-electron chi connectivity index (χ4n) is 1.78. The number of allylic oxidation sites excluding steroid dienone is 1. The molecule has 1 aromatic rings. The molecule has 0 aromatic heterocycles. The summed E-state index contributed by atoms with van der Waals surface area (Å²) in [5.41, 5.74) is -1.79. The van der Waals surface area contributed by atoms with Crippen molar-refractivity contribution in [1.29, 1.82) is 0 Å². The summed E-state index contributed by atoms with van der Waals surface area (Å²) in [7, 11) is 0. The summed E-state index contributed by atoms with van der Waals surface area (Å²) in [5.74, 6) is -10.1. The monoisotopic (exact) mass is 348 g/mol. The molecule has 8 nitrogen and oxygen atoms in total. The zero-order valence-corrected chi connectivity index (χ0v) is 11.8. The minimum absolute atomic E-state index is 0.795. The summed E-state index contributed by atoms with van der Waals surface area (Å²) >= 11 is 11.2.